The molecule has 0 aliphatic rings. The molecule has 0 aliphatic carbocycles. The zero-order chi connectivity index (χ0) is 11.4. The lowest BCUT2D eigenvalue weighted by Crippen LogP contribution is -2.12. The van der Waals surface area contributed by atoms with Crippen molar-refractivity contribution in [3.63, 3.8) is 0 Å². The normalized spacial score (nSPS) is 13.0. The van der Waals surface area contributed by atoms with Crippen molar-refractivity contribution in [3.8, 4) is 0 Å². The van der Waals surface area contributed by atoms with E-state index < -0.39 is 0 Å². The Labute approximate surface area is 96.6 Å². The Bertz CT molecular complexity index is 106. The number of unbranched alkanes of at least 4 members (excludes halogenated alkanes) is 5. The van der Waals surface area contributed by atoms with Crippen molar-refractivity contribution in [1.82, 2.24) is 0 Å². The predicted molar refractivity (Wildman–Crippen MR) is 68.0 cm³/mol. The monoisotopic (exact) mass is 213 g/mol. The van der Waals surface area contributed by atoms with Crippen molar-refractivity contribution in [2.45, 2.75) is 77.7 Å². The van der Waals surface area contributed by atoms with E-state index in [0.29, 0.717) is 12.7 Å². The lowest BCUT2D eigenvalue weighted by atomic mass is 10.0. The highest BCUT2D eigenvalue weighted by molar-refractivity contribution is 4.58. The predicted octanol–water partition coefficient (Wildman–Crippen LogP) is 4.76. The van der Waals surface area contributed by atoms with E-state index in [1.165, 1.54) is 57.8 Å². The van der Waals surface area contributed by atoms with E-state index in [4.69, 9.17) is 4.74 Å². The molecule has 0 amide bonds. The lowest BCUT2D eigenvalue weighted by Gasteiger charge is -2.15. The molecule has 91 valence electrons. The summed E-state index contributed by atoms with van der Waals surface area (Å²) in [6, 6.07) is 0. The molecule has 0 saturated carbocycles. The van der Waals surface area contributed by atoms with Gasteiger partial charge in [0, 0.05) is 6.61 Å². The van der Waals surface area contributed by atoms with Gasteiger partial charge in [0.25, 0.3) is 0 Å². The van der Waals surface area contributed by atoms with Gasteiger partial charge in [-0.3, -0.25) is 0 Å². The second-order valence-electron chi connectivity index (χ2n) is 4.34. The van der Waals surface area contributed by atoms with Crippen molar-refractivity contribution in [2.24, 2.45) is 0 Å². The van der Waals surface area contributed by atoms with Crippen LogP contribution in [0.25, 0.3) is 0 Å². The quantitative estimate of drug-likeness (QED) is 0.450. The SMILES string of the molecule is [CH2]COC(CCC)CCCCCCCC. The molecule has 1 unspecified atom stereocenters. The molecular formula is C14H29O. The molecule has 0 spiro atoms. The molecule has 1 radical (unpaired) electrons. The first-order valence-electron chi connectivity index (χ1n) is 6.76. The van der Waals surface area contributed by atoms with Crippen LogP contribution in [-0.4, -0.2) is 12.7 Å². The summed E-state index contributed by atoms with van der Waals surface area (Å²) in [5.41, 5.74) is 0. The van der Waals surface area contributed by atoms with E-state index in [9.17, 15) is 0 Å². The maximum atomic E-state index is 5.60. The molecule has 0 saturated heterocycles. The van der Waals surface area contributed by atoms with Gasteiger partial charge >= 0.3 is 0 Å². The molecule has 1 heteroatoms. The minimum Gasteiger partial charge on any atom is -0.378 e. The minimum absolute atomic E-state index is 0.471. The number of hydrogen-bond acceptors (Lipinski definition) is 1. The standard InChI is InChI=1S/C14H29O/c1-4-7-8-9-10-11-13-14(12-5-2)15-6-3/h14H,3-13H2,1-2H3. The Morgan fingerprint density at radius 1 is 0.867 bits per heavy atom. The Balaban J connectivity index is 3.28. The summed E-state index contributed by atoms with van der Waals surface area (Å²) >= 11 is 0. The molecule has 1 nitrogen and oxygen atoms in total. The summed E-state index contributed by atoms with van der Waals surface area (Å²) in [6.07, 6.45) is 12.4. The van der Waals surface area contributed by atoms with Crippen LogP contribution in [0, 0.1) is 6.92 Å². The molecule has 0 rings (SSSR count). The Morgan fingerprint density at radius 2 is 1.53 bits per heavy atom. The zero-order valence-corrected chi connectivity index (χ0v) is 10.8. The molecule has 0 bridgehead atoms. The third-order valence-electron chi connectivity index (χ3n) is 2.84. The number of hydrogen-bond donors (Lipinski definition) is 0. The molecule has 0 aromatic rings. The summed E-state index contributed by atoms with van der Waals surface area (Å²) in [4.78, 5) is 0. The van der Waals surface area contributed by atoms with E-state index in [0.717, 1.165) is 0 Å². The van der Waals surface area contributed by atoms with Crippen LogP contribution >= 0.6 is 0 Å². The van der Waals surface area contributed by atoms with Crippen LogP contribution < -0.4 is 0 Å². The van der Waals surface area contributed by atoms with E-state index in [1.54, 1.807) is 0 Å². The molecule has 0 heterocycles. The highest BCUT2D eigenvalue weighted by Gasteiger charge is 2.06. The first-order chi connectivity index (χ1) is 7.35. The van der Waals surface area contributed by atoms with Crippen molar-refractivity contribution >= 4 is 0 Å². The number of ether oxygens (including phenoxy) is 1. The van der Waals surface area contributed by atoms with Crippen LogP contribution in [0.1, 0.15) is 71.6 Å². The molecule has 0 fully saturated rings. The molecule has 0 aromatic heterocycles. The maximum Gasteiger partial charge on any atom is 0.0575 e. The number of rotatable bonds is 11. The van der Waals surface area contributed by atoms with Gasteiger partial charge in [0.1, 0.15) is 0 Å². The summed E-state index contributed by atoms with van der Waals surface area (Å²) in [5.74, 6) is 0. The van der Waals surface area contributed by atoms with E-state index in [2.05, 4.69) is 20.8 Å². The first-order valence-corrected chi connectivity index (χ1v) is 6.76. The van der Waals surface area contributed by atoms with Gasteiger partial charge in [-0.2, -0.15) is 0 Å². The average Bonchev–Trinajstić information content (AvgIpc) is 2.24. The van der Waals surface area contributed by atoms with Gasteiger partial charge in [-0.25, -0.2) is 0 Å². The van der Waals surface area contributed by atoms with Gasteiger partial charge in [-0.05, 0) is 19.8 Å². The summed E-state index contributed by atoms with van der Waals surface area (Å²) in [7, 11) is 0. The molecule has 0 N–H and O–H groups in total. The fourth-order valence-electron chi connectivity index (χ4n) is 1.95. The van der Waals surface area contributed by atoms with Gasteiger partial charge in [-0.1, -0.05) is 58.8 Å². The van der Waals surface area contributed by atoms with Gasteiger partial charge in [0.2, 0.25) is 0 Å². The van der Waals surface area contributed by atoms with Crippen molar-refractivity contribution in [3.05, 3.63) is 6.92 Å². The van der Waals surface area contributed by atoms with E-state index >= 15 is 0 Å². The molecule has 15 heavy (non-hydrogen) atoms. The van der Waals surface area contributed by atoms with E-state index in [1.807, 2.05) is 0 Å². The van der Waals surface area contributed by atoms with E-state index in [-0.39, 0.29) is 0 Å². The Kier molecular flexibility index (Phi) is 12.0. The third kappa shape index (κ3) is 10.2. The largest absolute Gasteiger partial charge is 0.378 e. The third-order valence-corrected chi connectivity index (χ3v) is 2.84. The zero-order valence-electron chi connectivity index (χ0n) is 10.8. The van der Waals surface area contributed by atoms with Crippen LogP contribution in [-0.2, 0) is 4.74 Å². The van der Waals surface area contributed by atoms with Crippen LogP contribution in [0.2, 0.25) is 0 Å². The van der Waals surface area contributed by atoms with Crippen LogP contribution in [0.15, 0.2) is 0 Å². The summed E-state index contributed by atoms with van der Waals surface area (Å²) in [5, 5.41) is 0. The fraction of sp³-hybridized carbons (Fsp3) is 0.929. The highest BCUT2D eigenvalue weighted by Crippen LogP contribution is 2.13. The van der Waals surface area contributed by atoms with Gasteiger partial charge in [0.15, 0.2) is 0 Å². The topological polar surface area (TPSA) is 9.23 Å². The first kappa shape index (κ1) is 15.0. The molecule has 0 aromatic carbocycles. The second kappa shape index (κ2) is 12.0. The van der Waals surface area contributed by atoms with Crippen LogP contribution in [0.3, 0.4) is 0 Å². The smallest absolute Gasteiger partial charge is 0.0575 e. The summed E-state index contributed by atoms with van der Waals surface area (Å²) < 4.78 is 5.60. The van der Waals surface area contributed by atoms with Crippen molar-refractivity contribution in [1.29, 1.82) is 0 Å². The van der Waals surface area contributed by atoms with Crippen molar-refractivity contribution < 1.29 is 4.74 Å². The van der Waals surface area contributed by atoms with Crippen LogP contribution in [0.5, 0.6) is 0 Å². The Hall–Kier alpha value is -0.0400. The Morgan fingerprint density at radius 3 is 2.13 bits per heavy atom. The lowest BCUT2D eigenvalue weighted by molar-refractivity contribution is 0.0578. The molecule has 0 aliphatic heterocycles. The maximum absolute atomic E-state index is 5.60. The second-order valence-corrected chi connectivity index (χ2v) is 4.34. The van der Waals surface area contributed by atoms with Gasteiger partial charge in [-0.15, -0.1) is 0 Å². The van der Waals surface area contributed by atoms with Gasteiger partial charge < -0.3 is 4.74 Å². The highest BCUT2D eigenvalue weighted by atomic mass is 16.5. The average molecular weight is 213 g/mol. The molecular weight excluding hydrogens is 184 g/mol. The van der Waals surface area contributed by atoms with Crippen LogP contribution in [0.4, 0.5) is 0 Å². The minimum atomic E-state index is 0.471. The fourth-order valence-corrected chi connectivity index (χ4v) is 1.95. The summed E-state index contributed by atoms with van der Waals surface area (Å²) in [6.45, 7) is 8.87. The van der Waals surface area contributed by atoms with Gasteiger partial charge in [0.05, 0.1) is 6.10 Å². The van der Waals surface area contributed by atoms with Crippen molar-refractivity contribution in [2.75, 3.05) is 6.61 Å². The molecule has 1 atom stereocenters.